The molecule has 0 amide bonds. The molecule has 1 heterocycles. The van der Waals surface area contributed by atoms with E-state index in [1.807, 2.05) is 11.3 Å². The molecule has 0 nitrogen and oxygen atoms in total. The first-order valence-corrected chi connectivity index (χ1v) is 8.13. The van der Waals surface area contributed by atoms with Gasteiger partial charge < -0.3 is 0 Å². The lowest BCUT2D eigenvalue weighted by molar-refractivity contribution is 1.06. The van der Waals surface area contributed by atoms with Gasteiger partial charge in [0.15, 0.2) is 0 Å². The van der Waals surface area contributed by atoms with Crippen LogP contribution in [0.1, 0.15) is 32.6 Å². The van der Waals surface area contributed by atoms with Crippen molar-refractivity contribution in [1.29, 1.82) is 0 Å². The van der Waals surface area contributed by atoms with E-state index in [0.717, 1.165) is 6.42 Å². The summed E-state index contributed by atoms with van der Waals surface area (Å²) >= 11 is 9.31. The van der Waals surface area contributed by atoms with Crippen LogP contribution < -0.4 is 0 Å². The van der Waals surface area contributed by atoms with Crippen molar-refractivity contribution in [2.75, 3.05) is 0 Å². The average molecular weight is 374 g/mol. The molecular formula is C14H14Br2S. The maximum Gasteiger partial charge on any atom is 0.0752 e. The summed E-state index contributed by atoms with van der Waals surface area (Å²) in [5, 5.41) is 0. The number of hydrogen-bond acceptors (Lipinski definition) is 1. The molecule has 0 saturated heterocycles. The zero-order valence-corrected chi connectivity index (χ0v) is 13.8. The minimum atomic E-state index is 0.284. The van der Waals surface area contributed by atoms with Gasteiger partial charge in [-0.15, -0.1) is 11.3 Å². The van der Waals surface area contributed by atoms with E-state index < -0.39 is 0 Å². The van der Waals surface area contributed by atoms with Crippen molar-refractivity contribution in [2.45, 2.75) is 25.1 Å². The first-order chi connectivity index (χ1) is 8.13. The Kier molecular flexibility index (Phi) is 4.45. The Morgan fingerprint density at radius 1 is 1.29 bits per heavy atom. The van der Waals surface area contributed by atoms with Gasteiger partial charge in [-0.3, -0.25) is 0 Å². The summed E-state index contributed by atoms with van der Waals surface area (Å²) in [5.74, 6) is 0. The van der Waals surface area contributed by atoms with Crippen LogP contribution in [0.15, 0.2) is 34.8 Å². The molecule has 2 aromatic rings. The normalized spacial score (nSPS) is 12.7. The highest BCUT2D eigenvalue weighted by Gasteiger charge is 2.18. The largest absolute Gasteiger partial charge is 0.143 e. The number of thiophene rings is 1. The molecule has 1 aromatic carbocycles. The van der Waals surface area contributed by atoms with Crippen LogP contribution in [-0.4, -0.2) is 0 Å². The number of aryl methyl sites for hydroxylation is 2. The van der Waals surface area contributed by atoms with Crippen LogP contribution in [0, 0.1) is 6.92 Å². The monoisotopic (exact) mass is 372 g/mol. The third kappa shape index (κ3) is 2.83. The van der Waals surface area contributed by atoms with E-state index >= 15 is 0 Å². The van der Waals surface area contributed by atoms with Crippen LogP contribution in [0.5, 0.6) is 0 Å². The molecule has 1 atom stereocenters. The highest BCUT2D eigenvalue weighted by molar-refractivity contribution is 9.11. The number of rotatable bonds is 3. The van der Waals surface area contributed by atoms with Gasteiger partial charge in [-0.05, 0) is 46.5 Å². The standard InChI is InChI=1S/C14H14Br2S/c1-3-10-6-4-5-7-11(10)13(16)14-12(15)8-9(2)17-14/h4-8,13H,3H2,1-2H3. The predicted octanol–water partition coefficient (Wildman–Crippen LogP) is 5.87. The fraction of sp³-hybridized carbons (Fsp3) is 0.286. The highest BCUT2D eigenvalue weighted by atomic mass is 79.9. The van der Waals surface area contributed by atoms with Crippen LogP contribution in [0.4, 0.5) is 0 Å². The van der Waals surface area contributed by atoms with Gasteiger partial charge in [0.25, 0.3) is 0 Å². The maximum absolute atomic E-state index is 3.83. The zero-order chi connectivity index (χ0) is 12.4. The third-order valence-electron chi connectivity index (χ3n) is 2.78. The molecule has 0 radical (unpaired) electrons. The van der Waals surface area contributed by atoms with E-state index in [0.29, 0.717) is 0 Å². The lowest BCUT2D eigenvalue weighted by atomic mass is 10.0. The smallest absolute Gasteiger partial charge is 0.0752 e. The van der Waals surface area contributed by atoms with Crippen molar-refractivity contribution in [3.05, 3.63) is 55.7 Å². The fourth-order valence-corrected chi connectivity index (χ4v) is 5.08. The van der Waals surface area contributed by atoms with Crippen molar-refractivity contribution < 1.29 is 0 Å². The Bertz CT molecular complexity index is 517. The number of benzene rings is 1. The number of hydrogen-bond donors (Lipinski definition) is 0. The molecule has 0 aliphatic heterocycles. The zero-order valence-electron chi connectivity index (χ0n) is 9.84. The lowest BCUT2D eigenvalue weighted by Crippen LogP contribution is -1.96. The second-order valence-electron chi connectivity index (χ2n) is 3.98. The first kappa shape index (κ1) is 13.3. The second kappa shape index (κ2) is 5.68. The van der Waals surface area contributed by atoms with Crippen LogP contribution >= 0.6 is 43.2 Å². The second-order valence-corrected chi connectivity index (χ2v) is 7.04. The fourth-order valence-electron chi connectivity index (χ4n) is 1.92. The summed E-state index contributed by atoms with van der Waals surface area (Å²) in [7, 11) is 0. The molecule has 1 unspecified atom stereocenters. The van der Waals surface area contributed by atoms with Gasteiger partial charge in [0.05, 0.1) is 4.83 Å². The summed E-state index contributed by atoms with van der Waals surface area (Å²) in [6.45, 7) is 4.34. The lowest BCUT2D eigenvalue weighted by Gasteiger charge is -2.13. The summed E-state index contributed by atoms with van der Waals surface area (Å²) < 4.78 is 1.20. The summed E-state index contributed by atoms with van der Waals surface area (Å²) in [6, 6.07) is 10.8. The van der Waals surface area contributed by atoms with E-state index in [-0.39, 0.29) is 4.83 Å². The summed E-state index contributed by atoms with van der Waals surface area (Å²) in [5.41, 5.74) is 2.78. The Morgan fingerprint density at radius 2 is 2.00 bits per heavy atom. The van der Waals surface area contributed by atoms with Gasteiger partial charge in [-0.2, -0.15) is 0 Å². The van der Waals surface area contributed by atoms with Crippen LogP contribution in [-0.2, 0) is 6.42 Å². The van der Waals surface area contributed by atoms with Crippen molar-refractivity contribution in [3.63, 3.8) is 0 Å². The third-order valence-corrected chi connectivity index (χ3v) is 6.06. The molecule has 0 aliphatic carbocycles. The SMILES string of the molecule is CCc1ccccc1C(Br)c1sc(C)cc1Br. The van der Waals surface area contributed by atoms with E-state index in [4.69, 9.17) is 0 Å². The number of halogens is 2. The molecule has 0 aliphatic rings. The summed E-state index contributed by atoms with van der Waals surface area (Å²) in [6.07, 6.45) is 1.07. The van der Waals surface area contributed by atoms with Gasteiger partial charge in [-0.1, -0.05) is 47.1 Å². The minimum absolute atomic E-state index is 0.284. The van der Waals surface area contributed by atoms with Gasteiger partial charge in [0.2, 0.25) is 0 Å². The average Bonchev–Trinajstić information content (AvgIpc) is 2.67. The van der Waals surface area contributed by atoms with E-state index in [1.165, 1.54) is 25.4 Å². The summed E-state index contributed by atoms with van der Waals surface area (Å²) in [4.78, 5) is 2.97. The molecule has 0 spiro atoms. The minimum Gasteiger partial charge on any atom is -0.143 e. The van der Waals surface area contributed by atoms with Crippen LogP contribution in [0.25, 0.3) is 0 Å². The highest BCUT2D eigenvalue weighted by Crippen LogP contribution is 2.41. The Balaban J connectivity index is 2.43. The van der Waals surface area contributed by atoms with Gasteiger partial charge >= 0.3 is 0 Å². The molecule has 17 heavy (non-hydrogen) atoms. The molecule has 0 fully saturated rings. The topological polar surface area (TPSA) is 0 Å². The van der Waals surface area contributed by atoms with E-state index in [9.17, 15) is 0 Å². The van der Waals surface area contributed by atoms with Crippen LogP contribution in [0.2, 0.25) is 0 Å². The van der Waals surface area contributed by atoms with Crippen molar-refractivity contribution >= 4 is 43.2 Å². The Morgan fingerprint density at radius 3 is 2.59 bits per heavy atom. The quantitative estimate of drug-likeness (QED) is 0.590. The van der Waals surface area contributed by atoms with E-state index in [1.54, 1.807) is 0 Å². The van der Waals surface area contributed by atoms with Crippen molar-refractivity contribution in [1.82, 2.24) is 0 Å². The van der Waals surface area contributed by atoms with Crippen molar-refractivity contribution in [3.8, 4) is 0 Å². The predicted molar refractivity (Wildman–Crippen MR) is 83.3 cm³/mol. The van der Waals surface area contributed by atoms with Crippen molar-refractivity contribution in [2.24, 2.45) is 0 Å². The van der Waals surface area contributed by atoms with E-state index in [2.05, 4.69) is 76.0 Å². The Hall–Kier alpha value is -0.120. The van der Waals surface area contributed by atoms with Crippen LogP contribution in [0.3, 0.4) is 0 Å². The maximum atomic E-state index is 3.83. The molecule has 1 aromatic heterocycles. The molecule has 0 N–H and O–H groups in total. The molecule has 0 bridgehead atoms. The molecule has 0 saturated carbocycles. The Labute approximate surface area is 123 Å². The molecular weight excluding hydrogens is 360 g/mol. The molecule has 3 heteroatoms. The number of alkyl halides is 1. The van der Waals surface area contributed by atoms with Gasteiger partial charge in [-0.25, -0.2) is 0 Å². The molecule has 90 valence electrons. The van der Waals surface area contributed by atoms with Gasteiger partial charge in [0, 0.05) is 14.2 Å². The molecule has 2 rings (SSSR count). The van der Waals surface area contributed by atoms with Gasteiger partial charge in [0.1, 0.15) is 0 Å². The first-order valence-electron chi connectivity index (χ1n) is 5.61.